The van der Waals surface area contributed by atoms with Gasteiger partial charge in [-0.3, -0.25) is 4.79 Å². The number of carbonyl (C=O) groups excluding carboxylic acids is 1. The first-order chi connectivity index (χ1) is 12.1. The predicted octanol–water partition coefficient (Wildman–Crippen LogP) is 2.49. The fourth-order valence-electron chi connectivity index (χ4n) is 3.48. The van der Waals surface area contributed by atoms with Crippen LogP contribution in [0.4, 0.5) is 0 Å². The maximum atomic E-state index is 11.8. The molecular weight excluding hydrogens is 320 g/mol. The topological polar surface area (TPSA) is 74.8 Å². The highest BCUT2D eigenvalue weighted by Crippen LogP contribution is 2.29. The van der Waals surface area contributed by atoms with Gasteiger partial charge in [0.05, 0.1) is 25.7 Å². The van der Waals surface area contributed by atoms with Crippen molar-refractivity contribution in [2.45, 2.75) is 25.9 Å². The number of esters is 1. The van der Waals surface area contributed by atoms with Gasteiger partial charge in [0.15, 0.2) is 0 Å². The number of aromatic nitrogens is 1. The summed E-state index contributed by atoms with van der Waals surface area (Å²) < 4.78 is 10.4. The molecule has 0 radical (unpaired) electrons. The van der Waals surface area contributed by atoms with E-state index in [4.69, 9.17) is 9.47 Å². The lowest BCUT2D eigenvalue weighted by Crippen LogP contribution is -2.39. The van der Waals surface area contributed by atoms with E-state index in [0.717, 1.165) is 48.1 Å². The van der Waals surface area contributed by atoms with E-state index in [2.05, 4.69) is 9.88 Å². The van der Waals surface area contributed by atoms with E-state index >= 15 is 0 Å². The molecule has 6 nitrogen and oxygen atoms in total. The molecule has 2 heterocycles. The van der Waals surface area contributed by atoms with Crippen molar-refractivity contribution >= 4 is 16.9 Å². The van der Waals surface area contributed by atoms with Crippen molar-refractivity contribution in [2.75, 3.05) is 33.4 Å². The van der Waals surface area contributed by atoms with Crippen LogP contribution in [0.2, 0.25) is 0 Å². The quantitative estimate of drug-likeness (QED) is 0.786. The number of aliphatic hydroxyl groups excluding tert-OH is 1. The molecular formula is C19H26N2O4. The first kappa shape index (κ1) is 17.8. The summed E-state index contributed by atoms with van der Waals surface area (Å²) >= 11 is 0. The zero-order valence-electron chi connectivity index (χ0n) is 14.8. The fourth-order valence-corrected chi connectivity index (χ4v) is 3.48. The number of fused-ring (bicyclic) bond motifs is 1. The Balaban J connectivity index is 1.62. The number of ether oxygens (including phenoxy) is 2. The zero-order chi connectivity index (χ0) is 17.8. The van der Waals surface area contributed by atoms with Gasteiger partial charge in [-0.05, 0) is 51.1 Å². The number of aliphatic hydroxyl groups is 1. The van der Waals surface area contributed by atoms with Crippen LogP contribution in [0.1, 0.15) is 31.4 Å². The lowest BCUT2D eigenvalue weighted by Gasteiger charge is -2.32. The van der Waals surface area contributed by atoms with E-state index in [0.29, 0.717) is 13.2 Å². The number of nitrogens with one attached hydrogen (secondary N) is 1. The van der Waals surface area contributed by atoms with Crippen molar-refractivity contribution in [1.29, 1.82) is 0 Å². The Hall–Kier alpha value is -2.05. The first-order valence-electron chi connectivity index (χ1n) is 8.84. The van der Waals surface area contributed by atoms with Crippen LogP contribution in [-0.4, -0.2) is 54.3 Å². The van der Waals surface area contributed by atoms with Crippen LogP contribution >= 0.6 is 0 Å². The number of aromatic amines is 1. The number of methoxy groups -OCH3 is 1. The van der Waals surface area contributed by atoms with Crippen molar-refractivity contribution in [3.63, 3.8) is 0 Å². The predicted molar refractivity (Wildman–Crippen MR) is 95.6 cm³/mol. The number of rotatable bonds is 6. The Morgan fingerprint density at radius 2 is 2.16 bits per heavy atom. The van der Waals surface area contributed by atoms with Crippen LogP contribution in [0.25, 0.3) is 10.9 Å². The van der Waals surface area contributed by atoms with Crippen LogP contribution in [0.15, 0.2) is 24.4 Å². The number of hydrogen-bond acceptors (Lipinski definition) is 5. The standard InChI is InChI=1S/C19H26N2O4/c1-3-25-19(23)13-6-8-21(9-7-13)12-18(22)16-11-20-17-5-4-14(24-2)10-15(16)17/h4-5,10-11,13,18,20,22H,3,6-9,12H2,1-2H3/t18-/m0/s1. The van der Waals surface area contributed by atoms with E-state index in [-0.39, 0.29) is 11.9 Å². The van der Waals surface area contributed by atoms with Gasteiger partial charge in [-0.15, -0.1) is 0 Å². The molecule has 1 atom stereocenters. The van der Waals surface area contributed by atoms with Gasteiger partial charge in [0.1, 0.15) is 5.75 Å². The van der Waals surface area contributed by atoms with E-state index < -0.39 is 6.10 Å². The molecule has 0 saturated carbocycles. The number of β-amino-alcohol motifs (C(OH)–C–C–N with tert-alkyl or cyclic N) is 1. The summed E-state index contributed by atoms with van der Waals surface area (Å²) in [5, 5.41) is 11.7. The van der Waals surface area contributed by atoms with Gasteiger partial charge in [0, 0.05) is 29.2 Å². The number of hydrogen-bond donors (Lipinski definition) is 2. The average molecular weight is 346 g/mol. The molecule has 25 heavy (non-hydrogen) atoms. The number of likely N-dealkylation sites (tertiary alicyclic amines) is 1. The maximum Gasteiger partial charge on any atom is 0.309 e. The number of H-pyrrole nitrogens is 1. The van der Waals surface area contributed by atoms with Gasteiger partial charge >= 0.3 is 5.97 Å². The molecule has 0 amide bonds. The molecule has 2 N–H and O–H groups in total. The minimum Gasteiger partial charge on any atom is -0.497 e. The summed E-state index contributed by atoms with van der Waals surface area (Å²) in [6, 6.07) is 5.79. The summed E-state index contributed by atoms with van der Waals surface area (Å²) in [7, 11) is 1.64. The molecule has 0 bridgehead atoms. The minimum atomic E-state index is -0.583. The van der Waals surface area contributed by atoms with Crippen molar-refractivity contribution in [2.24, 2.45) is 5.92 Å². The van der Waals surface area contributed by atoms with Crippen molar-refractivity contribution in [1.82, 2.24) is 9.88 Å². The molecule has 1 aliphatic heterocycles. The Bertz CT molecular complexity index is 719. The van der Waals surface area contributed by atoms with Crippen LogP contribution in [0.5, 0.6) is 5.75 Å². The molecule has 1 aromatic carbocycles. The highest BCUT2D eigenvalue weighted by molar-refractivity contribution is 5.85. The van der Waals surface area contributed by atoms with Gasteiger partial charge in [-0.1, -0.05) is 0 Å². The third-order valence-corrected chi connectivity index (χ3v) is 4.92. The molecule has 6 heteroatoms. The lowest BCUT2D eigenvalue weighted by molar-refractivity contribution is -0.149. The third-order valence-electron chi connectivity index (χ3n) is 4.92. The van der Waals surface area contributed by atoms with Gasteiger partial charge in [-0.25, -0.2) is 0 Å². The summed E-state index contributed by atoms with van der Waals surface area (Å²) in [6.07, 6.45) is 2.85. The molecule has 1 aromatic heterocycles. The molecule has 2 aromatic rings. The first-order valence-corrected chi connectivity index (χ1v) is 8.84. The summed E-state index contributed by atoms with van der Waals surface area (Å²) in [4.78, 5) is 17.2. The molecule has 0 spiro atoms. The highest BCUT2D eigenvalue weighted by Gasteiger charge is 2.27. The van der Waals surface area contributed by atoms with Gasteiger partial charge in [0.2, 0.25) is 0 Å². The number of benzene rings is 1. The molecule has 1 aliphatic rings. The molecule has 1 fully saturated rings. The van der Waals surface area contributed by atoms with E-state index in [1.165, 1.54) is 0 Å². The number of piperidine rings is 1. The van der Waals surface area contributed by atoms with Crippen molar-refractivity contribution in [3.8, 4) is 5.75 Å². The highest BCUT2D eigenvalue weighted by atomic mass is 16.5. The monoisotopic (exact) mass is 346 g/mol. The van der Waals surface area contributed by atoms with Crippen LogP contribution in [0.3, 0.4) is 0 Å². The molecule has 3 rings (SSSR count). The van der Waals surface area contributed by atoms with Gasteiger partial charge < -0.3 is 24.5 Å². The van der Waals surface area contributed by atoms with Crippen LogP contribution < -0.4 is 4.74 Å². The van der Waals surface area contributed by atoms with Crippen molar-refractivity contribution < 1.29 is 19.4 Å². The second kappa shape index (κ2) is 7.89. The normalized spacial score (nSPS) is 17.6. The number of nitrogens with zero attached hydrogens (tertiary/aromatic N) is 1. The van der Waals surface area contributed by atoms with E-state index in [1.54, 1.807) is 7.11 Å². The van der Waals surface area contributed by atoms with Crippen molar-refractivity contribution in [3.05, 3.63) is 30.0 Å². The number of carbonyl (C=O) groups is 1. The third kappa shape index (κ3) is 3.96. The average Bonchev–Trinajstić information content (AvgIpc) is 3.05. The fraction of sp³-hybridized carbons (Fsp3) is 0.526. The summed E-state index contributed by atoms with van der Waals surface area (Å²) in [5.41, 5.74) is 1.86. The Kier molecular flexibility index (Phi) is 5.60. The maximum absolute atomic E-state index is 11.8. The molecule has 1 saturated heterocycles. The Morgan fingerprint density at radius 3 is 2.84 bits per heavy atom. The zero-order valence-corrected chi connectivity index (χ0v) is 14.8. The van der Waals surface area contributed by atoms with Gasteiger partial charge in [-0.2, -0.15) is 0 Å². The summed E-state index contributed by atoms with van der Waals surface area (Å²) in [6.45, 7) is 4.42. The molecule has 0 aliphatic carbocycles. The Labute approximate surface area is 147 Å². The van der Waals surface area contributed by atoms with E-state index in [9.17, 15) is 9.90 Å². The minimum absolute atomic E-state index is 0.00862. The lowest BCUT2D eigenvalue weighted by atomic mass is 9.96. The van der Waals surface area contributed by atoms with Crippen LogP contribution in [0, 0.1) is 5.92 Å². The summed E-state index contributed by atoms with van der Waals surface area (Å²) in [5.74, 6) is 0.674. The second-order valence-corrected chi connectivity index (χ2v) is 6.50. The van der Waals surface area contributed by atoms with Gasteiger partial charge in [0.25, 0.3) is 0 Å². The van der Waals surface area contributed by atoms with Crippen LogP contribution in [-0.2, 0) is 9.53 Å². The second-order valence-electron chi connectivity index (χ2n) is 6.50. The largest absolute Gasteiger partial charge is 0.497 e. The van der Waals surface area contributed by atoms with E-state index in [1.807, 2.05) is 31.3 Å². The SMILES string of the molecule is CCOC(=O)C1CCN(C[C@H](O)c2c[nH]c3ccc(OC)cc23)CC1. The smallest absolute Gasteiger partial charge is 0.309 e. The molecule has 0 unspecified atom stereocenters. The Morgan fingerprint density at radius 1 is 1.40 bits per heavy atom. The molecule has 136 valence electrons.